The number of aliphatic carboxylic acids is 1. The van der Waals surface area contributed by atoms with Crippen LogP contribution in [0.1, 0.15) is 24.9 Å². The molecular formula is C28H26ClN10O7S3+. The Bertz CT molecular complexity index is 1970. The number of oxime groups is 1. The lowest BCUT2D eigenvalue weighted by Gasteiger charge is -2.50. The molecule has 1 fully saturated rings. The number of nitrogens with one attached hydrogen (secondary N) is 2. The number of aromatic nitrogens is 6. The third kappa shape index (κ3) is 6.84. The van der Waals surface area contributed by atoms with Gasteiger partial charge in [-0.3, -0.25) is 14.5 Å². The molecule has 0 spiro atoms. The molecule has 6 rings (SSSR count). The van der Waals surface area contributed by atoms with Gasteiger partial charge in [-0.15, -0.1) is 40.0 Å². The lowest BCUT2D eigenvalue weighted by atomic mass is 10.0. The number of benzene rings is 1. The zero-order valence-electron chi connectivity index (χ0n) is 25.2. The lowest BCUT2D eigenvalue weighted by Crippen LogP contribution is -2.70. The molecule has 5 heterocycles. The highest BCUT2D eigenvalue weighted by Crippen LogP contribution is 2.44. The van der Waals surface area contributed by atoms with Gasteiger partial charge in [0.15, 0.2) is 45.6 Å². The van der Waals surface area contributed by atoms with E-state index in [1.54, 1.807) is 30.0 Å². The van der Waals surface area contributed by atoms with Crippen molar-refractivity contribution in [2.75, 3.05) is 17.2 Å². The summed E-state index contributed by atoms with van der Waals surface area (Å²) < 4.78 is 1.70. The average Bonchev–Trinajstić information content (AvgIpc) is 3.79. The Morgan fingerprint density at radius 2 is 2.08 bits per heavy atom. The number of carboxylic acid groups (broad SMARTS) is 1. The van der Waals surface area contributed by atoms with Crippen LogP contribution in [0.2, 0.25) is 5.02 Å². The number of nitrogens with zero attached hydrogens (tertiary/aromatic N) is 7. The number of phenolic OH excluding ortho intramolecular Hbond substituents is 2. The number of anilines is 1. The molecule has 17 nitrogen and oxygen atoms in total. The first-order valence-electron chi connectivity index (χ1n) is 14.3. The largest absolute Gasteiger partial charge is 0.504 e. The predicted molar refractivity (Wildman–Crippen MR) is 179 cm³/mol. The molecule has 1 aromatic carbocycles. The van der Waals surface area contributed by atoms with Crippen LogP contribution in [0.5, 0.6) is 11.5 Å². The minimum atomic E-state index is -1.29. The average molecular weight is 746 g/mol. The first kappa shape index (κ1) is 34.0. The van der Waals surface area contributed by atoms with Gasteiger partial charge >= 0.3 is 5.97 Å². The number of nitrogens with two attached hydrogens (primary N) is 1. The van der Waals surface area contributed by atoms with Gasteiger partial charge in [0.2, 0.25) is 11.8 Å². The number of carbonyl (C=O) groups excluding carboxylic acids is 2. The van der Waals surface area contributed by atoms with E-state index in [1.165, 1.54) is 39.9 Å². The van der Waals surface area contributed by atoms with Crippen molar-refractivity contribution < 1.29 is 39.1 Å². The van der Waals surface area contributed by atoms with E-state index in [0.29, 0.717) is 28.7 Å². The summed E-state index contributed by atoms with van der Waals surface area (Å²) >= 11 is 10.2. The Morgan fingerprint density at radius 1 is 1.31 bits per heavy atom. The summed E-state index contributed by atoms with van der Waals surface area (Å²) in [5.41, 5.74) is 7.37. The van der Waals surface area contributed by atoms with Gasteiger partial charge in [0.1, 0.15) is 17.1 Å². The van der Waals surface area contributed by atoms with Crippen molar-refractivity contribution in [2.24, 2.45) is 5.16 Å². The maximum atomic E-state index is 13.6. The van der Waals surface area contributed by atoms with Gasteiger partial charge in [-0.1, -0.05) is 23.7 Å². The number of hydrogen-bond donors (Lipinski definition) is 6. The number of β-lactam (4-membered cyclic amide) rings is 1. The number of H-pyrrole nitrogens is 1. The number of aromatic hydroxyl groups is 2. The Balaban J connectivity index is 1.19. The van der Waals surface area contributed by atoms with Crippen LogP contribution in [0.3, 0.4) is 0 Å². The molecule has 0 aliphatic carbocycles. The predicted octanol–water partition coefficient (Wildman–Crippen LogP) is 1.77. The van der Waals surface area contributed by atoms with Gasteiger partial charge in [-0.2, -0.15) is 4.57 Å². The van der Waals surface area contributed by atoms with Gasteiger partial charge in [0.25, 0.3) is 11.8 Å². The zero-order chi connectivity index (χ0) is 34.8. The van der Waals surface area contributed by atoms with E-state index >= 15 is 0 Å². The van der Waals surface area contributed by atoms with Gasteiger partial charge < -0.3 is 31.2 Å². The molecule has 21 heteroatoms. The SMILES string of the molecule is CC[C@H](O/N=C(\C(=O)N[C@@H]1C(=O)N2C(c3nnn[nH]3)=C(CSc3cc[n+](-c4ccc(O)c(O)c4Cl)cc3)CS[C@H]12)c1csc(N)n1)C(=O)O. The molecule has 7 N–H and O–H groups in total. The van der Waals surface area contributed by atoms with Gasteiger partial charge in [-0.25, -0.2) is 14.9 Å². The molecule has 254 valence electrons. The van der Waals surface area contributed by atoms with Gasteiger partial charge in [0, 0.05) is 40.0 Å². The number of thiazole rings is 1. The molecule has 49 heavy (non-hydrogen) atoms. The summed E-state index contributed by atoms with van der Waals surface area (Å²) in [6.07, 6.45) is 2.33. The zero-order valence-corrected chi connectivity index (χ0v) is 28.4. The number of hydrogen-bond acceptors (Lipinski definition) is 15. The van der Waals surface area contributed by atoms with Gasteiger partial charge in [0.05, 0.1) is 5.70 Å². The number of fused-ring (bicyclic) bond motifs is 1. The summed E-state index contributed by atoms with van der Waals surface area (Å²) in [6, 6.07) is 5.70. The van der Waals surface area contributed by atoms with Crippen LogP contribution >= 0.6 is 46.5 Å². The lowest BCUT2D eigenvalue weighted by molar-refractivity contribution is -0.596. The highest BCUT2D eigenvalue weighted by molar-refractivity contribution is 8.01. The highest BCUT2D eigenvalue weighted by atomic mass is 35.5. The minimum Gasteiger partial charge on any atom is -0.504 e. The Labute approximate surface area is 294 Å². The Hall–Kier alpha value is -4.92. The second-order valence-electron chi connectivity index (χ2n) is 10.4. The van der Waals surface area contributed by atoms with Crippen LogP contribution in [-0.4, -0.2) is 98.3 Å². The first-order valence-corrected chi connectivity index (χ1v) is 17.6. The van der Waals surface area contributed by atoms with E-state index in [0.717, 1.165) is 21.8 Å². The second kappa shape index (κ2) is 14.3. The van der Waals surface area contributed by atoms with E-state index in [2.05, 4.69) is 36.1 Å². The highest BCUT2D eigenvalue weighted by Gasteiger charge is 2.54. The number of carbonyl (C=O) groups is 3. The molecule has 0 saturated carbocycles. The fraction of sp³-hybridized carbons (Fsp3) is 0.250. The maximum absolute atomic E-state index is 13.6. The number of carboxylic acids is 1. The van der Waals surface area contributed by atoms with Crippen molar-refractivity contribution in [3.63, 3.8) is 0 Å². The molecule has 0 bridgehead atoms. The van der Waals surface area contributed by atoms with Crippen LogP contribution in [0, 0.1) is 0 Å². The number of amides is 2. The molecular weight excluding hydrogens is 720 g/mol. The topological polar surface area (TPSA) is 246 Å². The van der Waals surface area contributed by atoms with Crippen molar-refractivity contribution in [1.82, 2.24) is 35.8 Å². The summed E-state index contributed by atoms with van der Waals surface area (Å²) in [5.74, 6) is -1.92. The first-order chi connectivity index (χ1) is 23.6. The van der Waals surface area contributed by atoms with Gasteiger partial charge in [-0.05, 0) is 28.5 Å². The molecule has 2 aliphatic heterocycles. The summed E-state index contributed by atoms with van der Waals surface area (Å²) in [7, 11) is 0. The van der Waals surface area contributed by atoms with Crippen molar-refractivity contribution >= 4 is 80.8 Å². The molecule has 1 saturated heterocycles. The Kier molecular flexibility index (Phi) is 9.90. The standard InChI is InChI=1S/C28H25ClN10O7S3/c1-2-17(27(44)45)46-35-19(14-11-49-28(30)31-14)24(42)32-20-25(43)39-21(23-33-36-37-34-23)12(10-48-26(20)39)9-47-13-5-7-38(8-6-13)15-3-4-16(40)22(41)18(15)29/h3-8,11,17,20,26H,2,9-10H2,1H3,(H6-,30,31,32,33,34,35,36,37,40,41,42,44,45)/p+1/t17-,20+,26+/m0/s1. The van der Waals surface area contributed by atoms with E-state index in [9.17, 15) is 29.7 Å². The molecule has 2 amide bonds. The normalized spacial score (nSPS) is 18.1. The fourth-order valence-corrected chi connectivity index (χ4v) is 8.06. The number of phenols is 2. The van der Waals surface area contributed by atoms with Crippen LogP contribution in [0.15, 0.2) is 57.7 Å². The molecule has 4 aromatic rings. The van der Waals surface area contributed by atoms with E-state index in [-0.39, 0.29) is 33.7 Å². The number of pyridine rings is 1. The van der Waals surface area contributed by atoms with Crippen molar-refractivity contribution in [1.29, 1.82) is 0 Å². The monoisotopic (exact) mass is 745 g/mol. The van der Waals surface area contributed by atoms with Crippen molar-refractivity contribution in [3.8, 4) is 17.2 Å². The number of halogens is 1. The second-order valence-corrected chi connectivity index (χ2v) is 13.8. The molecule has 2 aliphatic rings. The van der Waals surface area contributed by atoms with E-state index in [4.69, 9.17) is 22.2 Å². The van der Waals surface area contributed by atoms with E-state index in [1.807, 2.05) is 12.1 Å². The summed E-state index contributed by atoms with van der Waals surface area (Å²) in [4.78, 5) is 50.1. The van der Waals surface area contributed by atoms with Crippen LogP contribution in [0.25, 0.3) is 11.4 Å². The number of nitrogen functional groups attached to an aromatic ring is 1. The Morgan fingerprint density at radius 3 is 2.73 bits per heavy atom. The summed E-state index contributed by atoms with van der Waals surface area (Å²) in [5, 5.41) is 50.8. The maximum Gasteiger partial charge on any atom is 0.347 e. The molecule has 0 radical (unpaired) electrons. The molecule has 0 unspecified atom stereocenters. The number of rotatable bonds is 12. The smallest absolute Gasteiger partial charge is 0.347 e. The quantitative estimate of drug-likeness (QED) is 0.0302. The van der Waals surface area contributed by atoms with Crippen molar-refractivity contribution in [2.45, 2.75) is 35.8 Å². The van der Waals surface area contributed by atoms with E-state index < -0.39 is 41.1 Å². The van der Waals surface area contributed by atoms with Crippen LogP contribution in [-0.2, 0) is 19.2 Å². The van der Waals surface area contributed by atoms with Crippen molar-refractivity contribution in [3.05, 3.63) is 64.2 Å². The molecule has 3 aromatic heterocycles. The number of aromatic amines is 1. The van der Waals surface area contributed by atoms with Crippen LogP contribution in [0.4, 0.5) is 5.13 Å². The molecule has 3 atom stereocenters. The number of tetrazole rings is 1. The number of thioether (sulfide) groups is 2. The fourth-order valence-electron chi connectivity index (χ4n) is 4.89. The third-order valence-corrected chi connectivity index (χ3v) is 10.8. The van der Waals surface area contributed by atoms with Crippen LogP contribution < -0.4 is 15.6 Å². The summed E-state index contributed by atoms with van der Waals surface area (Å²) in [6.45, 7) is 1.59. The third-order valence-electron chi connectivity index (χ3n) is 7.37. The minimum absolute atomic E-state index is 0.0105.